The number of carbonyl (C=O) groups excluding carboxylic acids is 2. The van der Waals surface area contributed by atoms with E-state index in [9.17, 15) is 9.59 Å². The molecule has 1 aliphatic rings. The third kappa shape index (κ3) is 12.6. The zero-order valence-electron chi connectivity index (χ0n) is 43.4. The van der Waals surface area contributed by atoms with E-state index in [0.29, 0.717) is 17.1 Å². The molecule has 1 fully saturated rings. The number of aryl methyl sites for hydroxylation is 2. The average molecular weight is 1040 g/mol. The van der Waals surface area contributed by atoms with Crippen molar-refractivity contribution in [3.63, 3.8) is 0 Å². The molecular formula is C58H68B2O8S4. The highest BCUT2D eigenvalue weighted by atomic mass is 32.1. The molecule has 72 heavy (non-hydrogen) atoms. The van der Waals surface area contributed by atoms with Crippen molar-refractivity contribution in [1.82, 2.24) is 0 Å². The number of carbonyl (C=O) groups is 2. The molecule has 1 saturated heterocycles. The summed E-state index contributed by atoms with van der Waals surface area (Å²) in [6.07, 6.45) is 10.9. The van der Waals surface area contributed by atoms with Gasteiger partial charge in [-0.1, -0.05) is 94.8 Å². The molecule has 8 aromatic rings. The molecule has 4 aromatic carbocycles. The van der Waals surface area contributed by atoms with Crippen molar-refractivity contribution in [3.05, 3.63) is 118 Å². The quantitative estimate of drug-likeness (QED) is 0.0426. The van der Waals surface area contributed by atoms with Crippen molar-refractivity contribution in [3.8, 4) is 11.5 Å². The number of unbranched alkanes of at least 4 members (excludes halogenated alkanes) is 6. The number of para-hydroxylation sites is 2. The van der Waals surface area contributed by atoms with E-state index in [0.717, 1.165) is 90.3 Å². The second-order valence-corrected chi connectivity index (χ2v) is 24.5. The molecule has 0 unspecified atom stereocenters. The predicted octanol–water partition coefficient (Wildman–Crippen LogP) is 14.5. The highest BCUT2D eigenvalue weighted by Crippen LogP contribution is 2.43. The summed E-state index contributed by atoms with van der Waals surface area (Å²) in [6, 6.07) is 26.9. The van der Waals surface area contributed by atoms with Crippen molar-refractivity contribution in [2.75, 3.05) is 0 Å². The van der Waals surface area contributed by atoms with Crippen LogP contribution in [0.3, 0.4) is 0 Å². The molecule has 0 amide bonds. The number of thiophene rings is 4. The Balaban J connectivity index is 0.000000190. The number of fused-ring (bicyclic) bond motifs is 6. The van der Waals surface area contributed by atoms with Gasteiger partial charge in [-0.3, -0.25) is 0 Å². The first kappa shape index (κ1) is 55.4. The fraction of sp³-hybridized carbons (Fsp3) is 0.414. The predicted molar refractivity (Wildman–Crippen MR) is 307 cm³/mol. The largest absolute Gasteiger partial charge is 0.505 e. The summed E-state index contributed by atoms with van der Waals surface area (Å²) in [5.41, 5.74) is 0.628. The van der Waals surface area contributed by atoms with Crippen LogP contribution >= 0.6 is 45.3 Å². The SMILES string of the molecule is CC(C)(O)C(C)(C)O.CCCCCCc1c(C(=O)Oc2ccccc2)c2ccsc2c2sccc12.[B]c1cc2c(CCCCCC)c(C(=O)Oc3ccccc3)c3cc(B4OC(C)(C)C(C)(C)O4)sc3c2s1. The van der Waals surface area contributed by atoms with Crippen LogP contribution in [0.5, 0.6) is 11.5 Å². The fourth-order valence-electron chi connectivity index (χ4n) is 8.38. The van der Waals surface area contributed by atoms with Gasteiger partial charge in [0.25, 0.3) is 0 Å². The molecule has 0 atom stereocenters. The van der Waals surface area contributed by atoms with Crippen molar-refractivity contribution in [2.24, 2.45) is 0 Å². The second kappa shape index (κ2) is 23.4. The van der Waals surface area contributed by atoms with Crippen molar-refractivity contribution < 1.29 is 38.6 Å². The van der Waals surface area contributed by atoms with Gasteiger partial charge in [0.15, 0.2) is 0 Å². The molecule has 1 aliphatic heterocycles. The first-order valence-electron chi connectivity index (χ1n) is 25.2. The lowest BCUT2D eigenvalue weighted by atomic mass is 9.86. The number of hydrogen-bond acceptors (Lipinski definition) is 12. The molecule has 4 aromatic heterocycles. The molecule has 2 N–H and O–H groups in total. The summed E-state index contributed by atoms with van der Waals surface area (Å²) in [5, 5.41) is 26.6. The number of benzene rings is 4. The second-order valence-electron chi connectivity index (χ2n) is 20.5. The van der Waals surface area contributed by atoms with Crippen LogP contribution in [-0.4, -0.2) is 59.5 Å². The standard InChI is InChI=1S/C29H32B2O4S2.C23H22O2S2.C6H14O2/c1-6-7-8-12-15-19-20-16-22(30)36-25(20)26-21(24(19)27(32)33-18-13-10-9-11-14-18)17-23(37-26)31-34-28(2,3)29(4,5)35-31;1-2-3-4-8-11-17-18-12-14-26-21(18)22-19(13-15-27-22)20(17)23(24)25-16-9-6-5-7-10-16;1-5(2,7)6(3,4)8/h9-11,13-14,16-17H,6-8,12,15H2,1-5H3;5-7,9-10,12-15H,2-4,8,11H2,1H3;7-8H,1-4H3. The molecule has 0 bridgehead atoms. The minimum Gasteiger partial charge on any atom is -0.423 e. The number of hydrogen-bond donors (Lipinski definition) is 2. The summed E-state index contributed by atoms with van der Waals surface area (Å²) >= 11 is 6.65. The molecule has 5 heterocycles. The van der Waals surface area contributed by atoms with Crippen LogP contribution in [0, 0.1) is 0 Å². The zero-order chi connectivity index (χ0) is 52.0. The van der Waals surface area contributed by atoms with Gasteiger partial charge in [-0.05, 0) is 161 Å². The van der Waals surface area contributed by atoms with Gasteiger partial charge < -0.3 is 29.0 Å². The van der Waals surface area contributed by atoms with Crippen molar-refractivity contribution in [1.29, 1.82) is 0 Å². The highest BCUT2D eigenvalue weighted by molar-refractivity contribution is 7.34. The monoisotopic (exact) mass is 1040 g/mol. The Morgan fingerprint density at radius 2 is 1.03 bits per heavy atom. The molecule has 378 valence electrons. The number of ether oxygens (including phenoxy) is 2. The average Bonchev–Trinajstić information content (AvgIpc) is 4.17. The lowest BCUT2D eigenvalue weighted by molar-refractivity contribution is -0.107. The summed E-state index contributed by atoms with van der Waals surface area (Å²) in [5.74, 6) is 0.534. The molecule has 9 rings (SSSR count). The van der Waals surface area contributed by atoms with E-state index in [4.69, 9.17) is 36.8 Å². The molecule has 14 heteroatoms. The van der Waals surface area contributed by atoms with Crippen LogP contribution in [0.4, 0.5) is 0 Å². The van der Waals surface area contributed by atoms with Crippen LogP contribution in [0.2, 0.25) is 0 Å². The normalized spacial score (nSPS) is 14.4. The van der Waals surface area contributed by atoms with Gasteiger partial charge in [-0.2, -0.15) is 11.3 Å². The molecule has 0 aliphatic carbocycles. The van der Waals surface area contributed by atoms with E-state index >= 15 is 0 Å². The van der Waals surface area contributed by atoms with Gasteiger partial charge in [-0.25, -0.2) is 9.59 Å². The molecule has 0 saturated carbocycles. The van der Waals surface area contributed by atoms with E-state index in [1.165, 1.54) is 40.5 Å². The van der Waals surface area contributed by atoms with Gasteiger partial charge in [0.05, 0.1) is 52.3 Å². The first-order valence-corrected chi connectivity index (χ1v) is 28.6. The molecule has 2 radical (unpaired) electrons. The van der Waals surface area contributed by atoms with Crippen LogP contribution in [0.15, 0.2) is 95.7 Å². The topological polar surface area (TPSA) is 112 Å². The van der Waals surface area contributed by atoms with E-state index < -0.39 is 29.5 Å². The van der Waals surface area contributed by atoms with Crippen LogP contribution in [-0.2, 0) is 22.2 Å². The van der Waals surface area contributed by atoms with Gasteiger partial charge in [0, 0.05) is 15.5 Å². The summed E-state index contributed by atoms with van der Waals surface area (Å²) in [7, 11) is 5.83. The fourth-order valence-corrected chi connectivity index (χ4v) is 12.6. The highest BCUT2D eigenvalue weighted by Gasteiger charge is 2.52. The Labute approximate surface area is 443 Å². The number of aliphatic hydroxyl groups is 2. The van der Waals surface area contributed by atoms with Crippen LogP contribution in [0.25, 0.3) is 40.3 Å². The molecule has 8 nitrogen and oxygen atoms in total. The van der Waals surface area contributed by atoms with Gasteiger partial charge in [0.1, 0.15) is 19.3 Å². The Bertz CT molecular complexity index is 3070. The van der Waals surface area contributed by atoms with E-state index in [2.05, 4.69) is 70.5 Å². The van der Waals surface area contributed by atoms with Crippen molar-refractivity contribution >= 4 is 122 Å². The van der Waals surface area contributed by atoms with Gasteiger partial charge in [-0.15, -0.1) is 34.0 Å². The number of rotatable bonds is 16. The van der Waals surface area contributed by atoms with Crippen molar-refractivity contribution in [2.45, 2.75) is 156 Å². The zero-order valence-corrected chi connectivity index (χ0v) is 46.7. The molecular weight excluding hydrogens is 975 g/mol. The number of esters is 2. The summed E-state index contributed by atoms with van der Waals surface area (Å²) in [4.78, 5) is 27.0. The van der Waals surface area contributed by atoms with Gasteiger partial charge in [0.2, 0.25) is 0 Å². The third-order valence-corrected chi connectivity index (χ3v) is 18.2. The smallest absolute Gasteiger partial charge is 0.423 e. The van der Waals surface area contributed by atoms with Crippen LogP contribution < -0.4 is 19.0 Å². The Morgan fingerprint density at radius 1 is 0.583 bits per heavy atom. The third-order valence-electron chi connectivity index (χ3n) is 13.9. The maximum Gasteiger partial charge on any atom is 0.505 e. The Hall–Kier alpha value is -4.37. The summed E-state index contributed by atoms with van der Waals surface area (Å²) in [6.45, 7) is 18.9. The van der Waals surface area contributed by atoms with E-state index in [-0.39, 0.29) is 11.9 Å². The lowest BCUT2D eigenvalue weighted by Gasteiger charge is -2.32. The van der Waals surface area contributed by atoms with E-state index in [1.807, 2.05) is 54.6 Å². The van der Waals surface area contributed by atoms with E-state index in [1.54, 1.807) is 85.2 Å². The Morgan fingerprint density at radius 3 is 1.51 bits per heavy atom. The Kier molecular flexibility index (Phi) is 18.0. The van der Waals surface area contributed by atoms with Gasteiger partial charge >= 0.3 is 19.1 Å². The molecule has 0 spiro atoms. The lowest BCUT2D eigenvalue weighted by Crippen LogP contribution is -2.44. The van der Waals surface area contributed by atoms with Crippen LogP contribution in [0.1, 0.15) is 152 Å². The first-order chi connectivity index (χ1) is 34.2. The maximum absolute atomic E-state index is 13.8. The minimum atomic E-state index is -1.01. The summed E-state index contributed by atoms with van der Waals surface area (Å²) < 4.78 is 30.7. The minimum absolute atomic E-state index is 0.247. The maximum atomic E-state index is 13.8.